The molecule has 0 unspecified atom stereocenters. The van der Waals surface area contributed by atoms with Gasteiger partial charge in [0, 0.05) is 13.2 Å². The first-order valence-electron chi connectivity index (χ1n) is 9.79. The maximum atomic E-state index is 14.2. The number of rotatable bonds is 12. The van der Waals surface area contributed by atoms with E-state index < -0.39 is 30.3 Å². The van der Waals surface area contributed by atoms with Gasteiger partial charge in [-0.05, 0) is 37.0 Å². The Morgan fingerprint density at radius 1 is 1.03 bits per heavy atom. The van der Waals surface area contributed by atoms with Crippen molar-refractivity contribution in [2.75, 3.05) is 26.4 Å². The van der Waals surface area contributed by atoms with Crippen molar-refractivity contribution >= 4 is 11.8 Å². The van der Waals surface area contributed by atoms with Crippen molar-refractivity contribution in [3.63, 3.8) is 0 Å². The maximum Gasteiger partial charge on any atom is 0.258 e. The van der Waals surface area contributed by atoms with Gasteiger partial charge >= 0.3 is 0 Å². The topological polar surface area (TPSA) is 108 Å². The molecular formula is C22H27FN2O5. The molecule has 0 fully saturated rings. The summed E-state index contributed by atoms with van der Waals surface area (Å²) >= 11 is 0. The molecule has 2 rings (SSSR count). The highest BCUT2D eigenvalue weighted by atomic mass is 19.1. The molecule has 0 bridgehead atoms. The predicted molar refractivity (Wildman–Crippen MR) is 110 cm³/mol. The van der Waals surface area contributed by atoms with E-state index in [0.29, 0.717) is 19.3 Å². The number of aliphatic hydroxyl groups is 2. The Morgan fingerprint density at radius 3 is 2.50 bits per heavy atom. The Bertz CT molecular complexity index is 816. The van der Waals surface area contributed by atoms with Crippen molar-refractivity contribution in [3.8, 4) is 5.75 Å². The number of benzene rings is 2. The summed E-state index contributed by atoms with van der Waals surface area (Å²) in [4.78, 5) is 24.5. The third-order valence-electron chi connectivity index (χ3n) is 4.34. The molecule has 4 N–H and O–H groups in total. The average molecular weight is 418 g/mol. The number of unbranched alkanes of at least 4 members (excludes halogenated alkanes) is 1. The molecule has 30 heavy (non-hydrogen) atoms. The molecule has 0 saturated heterocycles. The maximum absolute atomic E-state index is 14.2. The van der Waals surface area contributed by atoms with E-state index in [4.69, 9.17) is 9.84 Å². The van der Waals surface area contributed by atoms with Gasteiger partial charge in [-0.1, -0.05) is 36.4 Å². The lowest BCUT2D eigenvalue weighted by atomic mass is 10.1. The van der Waals surface area contributed by atoms with Crippen LogP contribution in [0.15, 0.2) is 48.5 Å². The van der Waals surface area contributed by atoms with Crippen LogP contribution in [0.4, 0.5) is 4.39 Å². The molecule has 2 aromatic rings. The number of ether oxygens (including phenoxy) is 1. The number of hydrogen-bond acceptors (Lipinski definition) is 5. The first-order valence-corrected chi connectivity index (χ1v) is 9.79. The monoisotopic (exact) mass is 418 g/mol. The molecule has 0 saturated carbocycles. The smallest absolute Gasteiger partial charge is 0.258 e. The molecule has 7 nitrogen and oxygen atoms in total. The molecule has 0 heterocycles. The molecule has 2 aromatic carbocycles. The summed E-state index contributed by atoms with van der Waals surface area (Å²) in [5.74, 6) is -1.96. The highest BCUT2D eigenvalue weighted by molar-refractivity contribution is 5.97. The Kier molecular flexibility index (Phi) is 9.76. The summed E-state index contributed by atoms with van der Waals surface area (Å²) in [5.41, 5.74) is 0.681. The van der Waals surface area contributed by atoms with Crippen LogP contribution in [0.1, 0.15) is 28.8 Å². The largest absolute Gasteiger partial charge is 0.483 e. The fourth-order valence-corrected chi connectivity index (χ4v) is 2.84. The van der Waals surface area contributed by atoms with Crippen LogP contribution in [0.2, 0.25) is 0 Å². The molecule has 0 aliphatic rings. The number of nitrogens with one attached hydrogen (secondary N) is 2. The van der Waals surface area contributed by atoms with Crippen LogP contribution in [0, 0.1) is 5.82 Å². The number of hydrogen-bond donors (Lipinski definition) is 4. The summed E-state index contributed by atoms with van der Waals surface area (Å²) < 4.78 is 19.6. The van der Waals surface area contributed by atoms with Crippen molar-refractivity contribution in [3.05, 3.63) is 65.5 Å². The van der Waals surface area contributed by atoms with Gasteiger partial charge in [0.25, 0.3) is 11.8 Å². The summed E-state index contributed by atoms with van der Waals surface area (Å²) in [6, 6.07) is 12.8. The standard InChI is InChI=1S/C22H27FN2O5/c23-18-9-6-10-19(21(18)22(29)24-11-4-5-12-26)30-15-20(28)25-17(14-27)13-16-7-2-1-3-8-16/h1-3,6-10,17,26-27H,4-5,11-15H2,(H,24,29)(H,25,28)/t17-/m0/s1. The van der Waals surface area contributed by atoms with Crippen molar-refractivity contribution < 1.29 is 28.9 Å². The van der Waals surface area contributed by atoms with E-state index >= 15 is 0 Å². The van der Waals surface area contributed by atoms with Gasteiger partial charge in [-0.2, -0.15) is 0 Å². The molecule has 162 valence electrons. The summed E-state index contributed by atoms with van der Waals surface area (Å²) in [7, 11) is 0. The summed E-state index contributed by atoms with van der Waals surface area (Å²) in [5, 5.41) is 23.5. The molecule has 0 spiro atoms. The van der Waals surface area contributed by atoms with Crippen LogP contribution < -0.4 is 15.4 Å². The lowest BCUT2D eigenvalue weighted by Gasteiger charge is -2.17. The van der Waals surface area contributed by atoms with Gasteiger partial charge in [-0.15, -0.1) is 0 Å². The lowest BCUT2D eigenvalue weighted by Crippen LogP contribution is -2.41. The molecule has 0 aliphatic heterocycles. The van der Waals surface area contributed by atoms with Crippen LogP contribution >= 0.6 is 0 Å². The van der Waals surface area contributed by atoms with Crippen molar-refractivity contribution in [2.24, 2.45) is 0 Å². The van der Waals surface area contributed by atoms with Crippen LogP contribution in [-0.2, 0) is 11.2 Å². The number of carbonyl (C=O) groups is 2. The molecule has 0 aromatic heterocycles. The minimum absolute atomic E-state index is 0.0121. The highest BCUT2D eigenvalue weighted by Gasteiger charge is 2.19. The Labute approximate surface area is 174 Å². The van der Waals surface area contributed by atoms with Crippen LogP contribution in [0.5, 0.6) is 5.75 Å². The fraction of sp³-hybridized carbons (Fsp3) is 0.364. The van der Waals surface area contributed by atoms with Gasteiger partial charge in [-0.25, -0.2) is 4.39 Å². The SMILES string of the molecule is O=C(COc1cccc(F)c1C(=O)NCCCCO)N[C@H](CO)Cc1ccccc1. The van der Waals surface area contributed by atoms with Gasteiger partial charge in [-0.3, -0.25) is 9.59 Å². The zero-order valence-corrected chi connectivity index (χ0v) is 16.6. The van der Waals surface area contributed by atoms with Gasteiger partial charge in [0.1, 0.15) is 17.1 Å². The molecular weight excluding hydrogens is 391 g/mol. The minimum Gasteiger partial charge on any atom is -0.483 e. The van der Waals surface area contributed by atoms with Crippen molar-refractivity contribution in [1.29, 1.82) is 0 Å². The molecule has 8 heteroatoms. The van der Waals surface area contributed by atoms with Gasteiger partial charge in [0.15, 0.2) is 6.61 Å². The van der Waals surface area contributed by atoms with Gasteiger partial charge in [0.05, 0.1) is 12.6 Å². The van der Waals surface area contributed by atoms with Gasteiger partial charge < -0.3 is 25.6 Å². The average Bonchev–Trinajstić information content (AvgIpc) is 2.75. The summed E-state index contributed by atoms with van der Waals surface area (Å²) in [6.45, 7) is -0.384. The third kappa shape index (κ3) is 7.46. The van der Waals surface area contributed by atoms with Crippen LogP contribution in [0.3, 0.4) is 0 Å². The van der Waals surface area contributed by atoms with Crippen molar-refractivity contribution in [1.82, 2.24) is 10.6 Å². The second-order valence-electron chi connectivity index (χ2n) is 6.72. The first kappa shape index (κ1) is 23.3. The van der Waals surface area contributed by atoms with Crippen LogP contribution in [0.25, 0.3) is 0 Å². The van der Waals surface area contributed by atoms with E-state index in [2.05, 4.69) is 10.6 Å². The minimum atomic E-state index is -0.759. The Balaban J connectivity index is 1.93. The summed E-state index contributed by atoms with van der Waals surface area (Å²) in [6.07, 6.45) is 1.53. The third-order valence-corrected chi connectivity index (χ3v) is 4.34. The van der Waals surface area contributed by atoms with E-state index in [1.54, 1.807) is 0 Å². The molecule has 2 amide bonds. The predicted octanol–water partition coefficient (Wildman–Crippen LogP) is 1.43. The van der Waals surface area contributed by atoms with E-state index in [1.165, 1.54) is 12.1 Å². The van der Waals surface area contributed by atoms with Crippen LogP contribution in [-0.4, -0.2) is 54.4 Å². The number of carbonyl (C=O) groups excluding carboxylic acids is 2. The first-order chi connectivity index (χ1) is 14.5. The molecule has 1 atom stereocenters. The van der Waals surface area contributed by atoms with E-state index in [0.717, 1.165) is 11.6 Å². The number of amides is 2. The normalized spacial score (nSPS) is 11.6. The Morgan fingerprint density at radius 2 is 1.80 bits per heavy atom. The molecule has 0 radical (unpaired) electrons. The second-order valence-corrected chi connectivity index (χ2v) is 6.72. The number of halogens is 1. The quantitative estimate of drug-likeness (QED) is 0.390. The zero-order valence-electron chi connectivity index (χ0n) is 16.6. The van der Waals surface area contributed by atoms with E-state index in [1.807, 2.05) is 30.3 Å². The Hall–Kier alpha value is -2.97. The van der Waals surface area contributed by atoms with E-state index in [9.17, 15) is 19.1 Å². The lowest BCUT2D eigenvalue weighted by molar-refractivity contribution is -0.124. The van der Waals surface area contributed by atoms with E-state index in [-0.39, 0.29) is 31.1 Å². The highest BCUT2D eigenvalue weighted by Crippen LogP contribution is 2.21. The zero-order chi connectivity index (χ0) is 21.8. The van der Waals surface area contributed by atoms with Crippen molar-refractivity contribution in [2.45, 2.75) is 25.3 Å². The fourth-order valence-electron chi connectivity index (χ4n) is 2.84. The molecule has 0 aliphatic carbocycles. The van der Waals surface area contributed by atoms with Gasteiger partial charge in [0.2, 0.25) is 0 Å². The number of aliphatic hydroxyl groups excluding tert-OH is 2. The second kappa shape index (κ2) is 12.6.